The van der Waals surface area contributed by atoms with E-state index in [1.165, 1.54) is 87.3 Å². The molecule has 0 fully saturated rings. The highest BCUT2D eigenvalue weighted by Gasteiger charge is 2.28. The summed E-state index contributed by atoms with van der Waals surface area (Å²) in [6.07, 6.45) is 12.0. The fraction of sp³-hybridized carbons (Fsp3) is 0.156. The van der Waals surface area contributed by atoms with Crippen molar-refractivity contribution in [3.8, 4) is 0 Å². The Hall–Kier alpha value is -4.94. The molecule has 9 rings (SSSR count). The third-order valence-corrected chi connectivity index (χ3v) is 10.5. The van der Waals surface area contributed by atoms with Gasteiger partial charge in [-0.2, -0.15) is 0 Å². The fourth-order valence-electron chi connectivity index (χ4n) is 7.99. The van der Waals surface area contributed by atoms with Crippen molar-refractivity contribution >= 4 is 65.0 Å². The molecule has 0 bridgehead atoms. The molecule has 0 amide bonds. The van der Waals surface area contributed by atoms with E-state index in [0.717, 1.165) is 0 Å². The van der Waals surface area contributed by atoms with Crippen LogP contribution in [0.4, 0.5) is 0 Å². The van der Waals surface area contributed by atoms with E-state index in [9.17, 15) is 0 Å². The van der Waals surface area contributed by atoms with Crippen LogP contribution in [0.5, 0.6) is 0 Å². The number of hydrogen-bond donors (Lipinski definition) is 0. The molecule has 0 saturated heterocycles. The summed E-state index contributed by atoms with van der Waals surface area (Å²) in [5.41, 5.74) is 8.26. The number of hydrogen-bond acceptors (Lipinski definition) is 0. The second-order valence-electron chi connectivity index (χ2n) is 14.2. The molecule has 216 valence electrons. The largest absolute Gasteiger partial charge is 0.0758 e. The van der Waals surface area contributed by atoms with Crippen molar-refractivity contribution in [3.05, 3.63) is 156 Å². The van der Waals surface area contributed by atoms with Crippen LogP contribution in [0.1, 0.15) is 44.4 Å². The summed E-state index contributed by atoms with van der Waals surface area (Å²) < 4.78 is 0. The van der Waals surface area contributed by atoms with Crippen molar-refractivity contribution < 1.29 is 0 Å². The average Bonchev–Trinajstić information content (AvgIpc) is 3.06. The predicted molar refractivity (Wildman–Crippen MR) is 196 cm³/mol. The maximum atomic E-state index is 2.44. The smallest absolute Gasteiger partial charge is 0.00878 e. The molecular formula is C45H36. The SMILES string of the molecule is CC1C(c2ccc3ccc4cc(C(C)(C)C)cc5ccc2c3c45)=CC=C2C=C(c3ccc4ccc5ccccc5c4c3)C=CC21. The first-order chi connectivity index (χ1) is 21.8. The summed E-state index contributed by atoms with van der Waals surface area (Å²) in [6, 6.07) is 38.9. The highest BCUT2D eigenvalue weighted by Crippen LogP contribution is 2.46. The first kappa shape index (κ1) is 26.5. The molecule has 45 heavy (non-hydrogen) atoms. The van der Waals surface area contributed by atoms with Gasteiger partial charge in [0.1, 0.15) is 0 Å². The van der Waals surface area contributed by atoms with Gasteiger partial charge in [-0.15, -0.1) is 0 Å². The molecule has 0 nitrogen and oxygen atoms in total. The Bertz CT molecular complexity index is 2450. The summed E-state index contributed by atoms with van der Waals surface area (Å²) in [6.45, 7) is 9.32. The van der Waals surface area contributed by atoms with Crippen LogP contribution in [0.3, 0.4) is 0 Å². The summed E-state index contributed by atoms with van der Waals surface area (Å²) in [4.78, 5) is 0. The monoisotopic (exact) mass is 576 g/mol. The number of fused-ring (bicyclic) bond motifs is 4. The number of rotatable bonds is 2. The molecule has 0 aromatic heterocycles. The highest BCUT2D eigenvalue weighted by molar-refractivity contribution is 6.25. The molecule has 0 heteroatoms. The van der Waals surface area contributed by atoms with Crippen molar-refractivity contribution in [1.82, 2.24) is 0 Å². The van der Waals surface area contributed by atoms with E-state index in [-0.39, 0.29) is 5.41 Å². The van der Waals surface area contributed by atoms with E-state index >= 15 is 0 Å². The van der Waals surface area contributed by atoms with Crippen molar-refractivity contribution in [2.75, 3.05) is 0 Å². The van der Waals surface area contributed by atoms with Gasteiger partial charge < -0.3 is 0 Å². The molecule has 0 radical (unpaired) electrons. The molecule has 0 aliphatic heterocycles. The van der Waals surface area contributed by atoms with E-state index in [1.807, 2.05) is 0 Å². The summed E-state index contributed by atoms with van der Waals surface area (Å²) in [7, 11) is 0. The molecule has 0 saturated carbocycles. The molecule has 0 N–H and O–H groups in total. The maximum Gasteiger partial charge on any atom is 0.00878 e. The molecule has 2 aliphatic rings. The minimum absolute atomic E-state index is 0.118. The van der Waals surface area contributed by atoms with Gasteiger partial charge in [-0.1, -0.05) is 155 Å². The van der Waals surface area contributed by atoms with Gasteiger partial charge >= 0.3 is 0 Å². The lowest BCUT2D eigenvalue weighted by atomic mass is 9.72. The third kappa shape index (κ3) is 4.05. The zero-order chi connectivity index (χ0) is 30.4. The van der Waals surface area contributed by atoms with Gasteiger partial charge in [-0.3, -0.25) is 0 Å². The third-order valence-electron chi connectivity index (χ3n) is 10.5. The zero-order valence-electron chi connectivity index (χ0n) is 26.4. The van der Waals surface area contributed by atoms with Crippen LogP contribution in [-0.4, -0.2) is 0 Å². The first-order valence-corrected chi connectivity index (χ1v) is 16.3. The van der Waals surface area contributed by atoms with Crippen LogP contribution in [0.2, 0.25) is 0 Å². The lowest BCUT2D eigenvalue weighted by Gasteiger charge is -2.32. The number of benzene rings is 7. The Morgan fingerprint density at radius 3 is 2.09 bits per heavy atom. The molecule has 0 spiro atoms. The summed E-state index contributed by atoms with van der Waals surface area (Å²) >= 11 is 0. The van der Waals surface area contributed by atoms with E-state index < -0.39 is 0 Å². The molecule has 2 aliphatic carbocycles. The van der Waals surface area contributed by atoms with Crippen molar-refractivity contribution in [3.63, 3.8) is 0 Å². The van der Waals surface area contributed by atoms with Crippen molar-refractivity contribution in [1.29, 1.82) is 0 Å². The minimum atomic E-state index is 0.118. The van der Waals surface area contributed by atoms with Crippen LogP contribution < -0.4 is 0 Å². The lowest BCUT2D eigenvalue weighted by molar-refractivity contribution is 0.591. The predicted octanol–water partition coefficient (Wildman–Crippen LogP) is 12.4. The van der Waals surface area contributed by atoms with E-state index in [0.29, 0.717) is 11.8 Å². The summed E-state index contributed by atoms with van der Waals surface area (Å²) in [5, 5.41) is 13.4. The van der Waals surface area contributed by atoms with Crippen LogP contribution in [0.15, 0.2) is 139 Å². The molecule has 7 aromatic rings. The van der Waals surface area contributed by atoms with Crippen molar-refractivity contribution in [2.24, 2.45) is 11.8 Å². The van der Waals surface area contributed by atoms with E-state index in [2.05, 4.69) is 161 Å². The zero-order valence-corrected chi connectivity index (χ0v) is 26.4. The van der Waals surface area contributed by atoms with Gasteiger partial charge in [0.15, 0.2) is 0 Å². The molecule has 2 atom stereocenters. The highest BCUT2D eigenvalue weighted by atomic mass is 14.3. The summed E-state index contributed by atoms with van der Waals surface area (Å²) in [5.74, 6) is 0.744. The van der Waals surface area contributed by atoms with Crippen LogP contribution in [0.25, 0.3) is 65.0 Å². The van der Waals surface area contributed by atoms with Crippen LogP contribution >= 0.6 is 0 Å². The molecular weight excluding hydrogens is 540 g/mol. The van der Waals surface area contributed by atoms with Gasteiger partial charge in [0.25, 0.3) is 0 Å². The maximum absolute atomic E-state index is 2.44. The Morgan fingerprint density at radius 2 is 1.27 bits per heavy atom. The van der Waals surface area contributed by atoms with Gasteiger partial charge in [-0.05, 0) is 105 Å². The Morgan fingerprint density at radius 1 is 0.578 bits per heavy atom. The quantitative estimate of drug-likeness (QED) is 0.180. The molecule has 0 heterocycles. The topological polar surface area (TPSA) is 0 Å². The second-order valence-corrected chi connectivity index (χ2v) is 14.2. The molecule has 7 aromatic carbocycles. The second kappa shape index (κ2) is 9.53. The average molecular weight is 577 g/mol. The normalized spacial score (nSPS) is 18.5. The van der Waals surface area contributed by atoms with Crippen LogP contribution in [-0.2, 0) is 5.41 Å². The van der Waals surface area contributed by atoms with Crippen molar-refractivity contribution in [2.45, 2.75) is 33.1 Å². The number of allylic oxidation sites excluding steroid dienone is 8. The Labute approximate surface area is 265 Å². The first-order valence-electron chi connectivity index (χ1n) is 16.3. The van der Waals surface area contributed by atoms with Gasteiger partial charge in [0.05, 0.1) is 0 Å². The van der Waals surface area contributed by atoms with E-state index in [4.69, 9.17) is 0 Å². The van der Waals surface area contributed by atoms with Gasteiger partial charge in [0.2, 0.25) is 0 Å². The standard InChI is InChI=1S/C45H36/c1-27-37-19-16-31(32-13-11-29-10-9-28-7-5-6-8-39(28)42(29)26-32)23-33(37)17-20-38(27)40-21-15-30-12-14-34-24-36(45(2,3)4)25-35-18-22-41(40)44(30)43(34)35/h5-27,37H,1-4H3. The molecule has 2 unspecified atom stereocenters. The van der Waals surface area contributed by atoms with Crippen LogP contribution in [0, 0.1) is 11.8 Å². The fourth-order valence-corrected chi connectivity index (χ4v) is 7.99. The Balaban J connectivity index is 1.14. The minimum Gasteiger partial charge on any atom is -0.0758 e. The van der Waals surface area contributed by atoms with Gasteiger partial charge in [-0.25, -0.2) is 0 Å². The lowest BCUT2D eigenvalue weighted by Crippen LogP contribution is -2.18. The van der Waals surface area contributed by atoms with E-state index in [1.54, 1.807) is 0 Å². The van der Waals surface area contributed by atoms with Gasteiger partial charge in [0, 0.05) is 5.92 Å². The Kier molecular flexibility index (Phi) is 5.60.